The molecule has 0 spiro atoms. The largest absolute Gasteiger partial charge is 0.404 e. The van der Waals surface area contributed by atoms with E-state index >= 15 is 0 Å². The highest BCUT2D eigenvalue weighted by Gasteiger charge is 2.45. The predicted molar refractivity (Wildman–Crippen MR) is 49.3 cm³/mol. The summed E-state index contributed by atoms with van der Waals surface area (Å²) in [6.07, 6.45) is -4.57. The second kappa shape index (κ2) is 4.33. The van der Waals surface area contributed by atoms with Gasteiger partial charge in [0.15, 0.2) is 5.92 Å². The molecule has 0 aromatic heterocycles. The Kier molecular flexibility index (Phi) is 3.34. The Bertz CT molecular complexity index is 334. The summed E-state index contributed by atoms with van der Waals surface area (Å²) >= 11 is 0. The van der Waals surface area contributed by atoms with Gasteiger partial charge in [0, 0.05) is 7.05 Å². The third kappa shape index (κ3) is 2.71. The minimum absolute atomic E-state index is 0.0515. The van der Waals surface area contributed by atoms with Crippen molar-refractivity contribution in [3.8, 4) is 0 Å². The SMILES string of the molecule is CNC(=O)[C@H](c1ccccc1)C(F)(F)F. The topological polar surface area (TPSA) is 29.1 Å². The molecule has 0 saturated heterocycles. The lowest BCUT2D eigenvalue weighted by Crippen LogP contribution is -2.35. The molecule has 0 aliphatic rings. The molecule has 82 valence electrons. The third-order valence-electron chi connectivity index (χ3n) is 1.97. The summed E-state index contributed by atoms with van der Waals surface area (Å²) in [7, 11) is 1.18. The van der Waals surface area contributed by atoms with Crippen LogP contribution in [0.25, 0.3) is 0 Å². The molecule has 1 rings (SSSR count). The van der Waals surface area contributed by atoms with Gasteiger partial charge in [0.1, 0.15) is 0 Å². The molecule has 0 aliphatic heterocycles. The first kappa shape index (κ1) is 11.6. The van der Waals surface area contributed by atoms with Crippen molar-refractivity contribution in [2.75, 3.05) is 7.05 Å². The number of amides is 1. The van der Waals surface area contributed by atoms with Crippen LogP contribution in [0.2, 0.25) is 0 Å². The number of nitrogens with one attached hydrogen (secondary N) is 1. The smallest absolute Gasteiger partial charge is 0.358 e. The highest BCUT2D eigenvalue weighted by molar-refractivity contribution is 5.84. The Labute approximate surface area is 85.1 Å². The Morgan fingerprint density at radius 3 is 2.20 bits per heavy atom. The Hall–Kier alpha value is -1.52. The maximum atomic E-state index is 12.6. The molecule has 1 aromatic carbocycles. The number of rotatable bonds is 2. The fourth-order valence-corrected chi connectivity index (χ4v) is 1.28. The van der Waals surface area contributed by atoms with Crippen molar-refractivity contribution in [3.05, 3.63) is 35.9 Å². The lowest BCUT2D eigenvalue weighted by molar-refractivity contribution is -0.164. The zero-order valence-electron chi connectivity index (χ0n) is 8.01. The maximum absolute atomic E-state index is 12.6. The quantitative estimate of drug-likeness (QED) is 0.807. The molecule has 1 aromatic rings. The second-order valence-electron chi connectivity index (χ2n) is 3.00. The summed E-state index contributed by atoms with van der Waals surface area (Å²) in [4.78, 5) is 11.1. The molecule has 0 heterocycles. The summed E-state index contributed by atoms with van der Waals surface area (Å²) in [5.41, 5.74) is -0.0515. The summed E-state index contributed by atoms with van der Waals surface area (Å²) < 4.78 is 37.7. The normalized spacial score (nSPS) is 13.3. The van der Waals surface area contributed by atoms with Crippen LogP contribution in [0.15, 0.2) is 30.3 Å². The highest BCUT2D eigenvalue weighted by Crippen LogP contribution is 2.34. The number of benzene rings is 1. The van der Waals surface area contributed by atoms with Crippen molar-refractivity contribution >= 4 is 5.91 Å². The van der Waals surface area contributed by atoms with Gasteiger partial charge in [0.05, 0.1) is 0 Å². The number of hydrogen-bond donors (Lipinski definition) is 1. The van der Waals surface area contributed by atoms with E-state index in [0.717, 1.165) is 0 Å². The summed E-state index contributed by atoms with van der Waals surface area (Å²) in [6, 6.07) is 7.11. The van der Waals surface area contributed by atoms with E-state index in [4.69, 9.17) is 0 Å². The van der Waals surface area contributed by atoms with Crippen LogP contribution in [-0.4, -0.2) is 19.1 Å². The van der Waals surface area contributed by atoms with Gasteiger partial charge in [-0.1, -0.05) is 30.3 Å². The first-order chi connectivity index (χ1) is 6.96. The van der Waals surface area contributed by atoms with Gasteiger partial charge in [0.2, 0.25) is 5.91 Å². The number of hydrogen-bond acceptors (Lipinski definition) is 1. The lowest BCUT2D eigenvalue weighted by atomic mass is 9.98. The van der Waals surface area contributed by atoms with E-state index < -0.39 is 18.0 Å². The van der Waals surface area contributed by atoms with Crippen LogP contribution in [0.4, 0.5) is 13.2 Å². The summed E-state index contributed by atoms with van der Waals surface area (Å²) in [5, 5.41) is 2.01. The Morgan fingerprint density at radius 1 is 1.27 bits per heavy atom. The standard InChI is InChI=1S/C10H10F3NO/c1-14-9(15)8(10(11,12)13)7-5-3-2-4-6-7/h2-6,8H,1H3,(H,14,15)/t8-/m0/s1. The van der Waals surface area contributed by atoms with Crippen LogP contribution >= 0.6 is 0 Å². The van der Waals surface area contributed by atoms with Crippen molar-refractivity contribution in [2.45, 2.75) is 12.1 Å². The molecule has 1 N–H and O–H groups in total. The number of halogens is 3. The molecule has 0 unspecified atom stereocenters. The van der Waals surface area contributed by atoms with Crippen LogP contribution < -0.4 is 5.32 Å². The molecule has 0 bridgehead atoms. The molecule has 0 fully saturated rings. The van der Waals surface area contributed by atoms with Crippen molar-refractivity contribution < 1.29 is 18.0 Å². The molecule has 15 heavy (non-hydrogen) atoms. The molecule has 1 atom stereocenters. The Morgan fingerprint density at radius 2 is 1.80 bits per heavy atom. The van der Waals surface area contributed by atoms with Crippen molar-refractivity contribution in [1.29, 1.82) is 0 Å². The van der Waals surface area contributed by atoms with Gasteiger partial charge in [0.25, 0.3) is 0 Å². The maximum Gasteiger partial charge on any atom is 0.404 e. The molecule has 5 heteroatoms. The van der Waals surface area contributed by atoms with E-state index in [1.165, 1.54) is 31.3 Å². The van der Waals surface area contributed by atoms with Crippen LogP contribution in [-0.2, 0) is 4.79 Å². The van der Waals surface area contributed by atoms with Crippen molar-refractivity contribution in [2.24, 2.45) is 0 Å². The predicted octanol–water partition coefficient (Wildman–Crippen LogP) is 2.08. The van der Waals surface area contributed by atoms with Gasteiger partial charge in [-0.2, -0.15) is 13.2 Å². The summed E-state index contributed by atoms with van der Waals surface area (Å²) in [6.45, 7) is 0. The first-order valence-electron chi connectivity index (χ1n) is 4.30. The van der Waals surface area contributed by atoms with E-state index in [-0.39, 0.29) is 5.56 Å². The van der Waals surface area contributed by atoms with Gasteiger partial charge in [-0.25, -0.2) is 0 Å². The van der Waals surface area contributed by atoms with E-state index in [9.17, 15) is 18.0 Å². The van der Waals surface area contributed by atoms with E-state index in [2.05, 4.69) is 0 Å². The summed E-state index contributed by atoms with van der Waals surface area (Å²) in [5.74, 6) is -3.14. The molecule has 1 amide bonds. The molecule has 0 radical (unpaired) electrons. The zero-order valence-corrected chi connectivity index (χ0v) is 8.01. The van der Waals surface area contributed by atoms with Gasteiger partial charge < -0.3 is 5.32 Å². The fourth-order valence-electron chi connectivity index (χ4n) is 1.28. The fraction of sp³-hybridized carbons (Fsp3) is 0.300. The van der Waals surface area contributed by atoms with Gasteiger partial charge >= 0.3 is 6.18 Å². The van der Waals surface area contributed by atoms with Gasteiger partial charge in [-0.3, -0.25) is 4.79 Å². The van der Waals surface area contributed by atoms with Crippen molar-refractivity contribution in [3.63, 3.8) is 0 Å². The van der Waals surface area contributed by atoms with Crippen molar-refractivity contribution in [1.82, 2.24) is 5.32 Å². The van der Waals surface area contributed by atoms with E-state index in [1.807, 2.05) is 5.32 Å². The van der Waals surface area contributed by atoms with Crippen LogP contribution in [0.5, 0.6) is 0 Å². The highest BCUT2D eigenvalue weighted by atomic mass is 19.4. The van der Waals surface area contributed by atoms with E-state index in [0.29, 0.717) is 0 Å². The number of carbonyl (C=O) groups is 1. The zero-order chi connectivity index (χ0) is 11.5. The molecular weight excluding hydrogens is 207 g/mol. The third-order valence-corrected chi connectivity index (χ3v) is 1.97. The minimum atomic E-state index is -4.57. The lowest BCUT2D eigenvalue weighted by Gasteiger charge is -2.18. The molecule has 2 nitrogen and oxygen atoms in total. The molecular formula is C10H10F3NO. The second-order valence-corrected chi connectivity index (χ2v) is 3.00. The number of carbonyl (C=O) groups excluding carboxylic acids is 1. The average Bonchev–Trinajstić information content (AvgIpc) is 2.17. The van der Waals surface area contributed by atoms with Gasteiger partial charge in [-0.05, 0) is 5.56 Å². The first-order valence-corrected chi connectivity index (χ1v) is 4.30. The van der Waals surface area contributed by atoms with Crippen LogP contribution in [0, 0.1) is 0 Å². The number of alkyl halides is 3. The van der Waals surface area contributed by atoms with E-state index in [1.54, 1.807) is 6.07 Å². The van der Waals surface area contributed by atoms with Crippen LogP contribution in [0.1, 0.15) is 11.5 Å². The Balaban J connectivity index is 3.08. The molecule has 0 aliphatic carbocycles. The van der Waals surface area contributed by atoms with Gasteiger partial charge in [-0.15, -0.1) is 0 Å². The molecule has 0 saturated carbocycles. The monoisotopic (exact) mass is 217 g/mol. The number of likely N-dealkylation sites (N-methyl/N-ethyl adjacent to an activating group) is 1. The van der Waals surface area contributed by atoms with Crippen LogP contribution in [0.3, 0.4) is 0 Å². The minimum Gasteiger partial charge on any atom is -0.358 e. The average molecular weight is 217 g/mol.